The zero-order chi connectivity index (χ0) is 18.2. The second-order valence-electron chi connectivity index (χ2n) is 10.5. The lowest BCUT2D eigenvalue weighted by Gasteiger charge is -2.27. The minimum Gasteiger partial charge on any atom is -0.0599 e. The van der Waals surface area contributed by atoms with Crippen LogP contribution in [0.15, 0.2) is 6.07 Å². The van der Waals surface area contributed by atoms with Gasteiger partial charge in [0.05, 0.1) is 0 Å². The average Bonchev–Trinajstić information content (AvgIpc) is 2.26. The van der Waals surface area contributed by atoms with Crippen molar-refractivity contribution in [3.63, 3.8) is 0 Å². The van der Waals surface area contributed by atoms with E-state index in [4.69, 9.17) is 0 Å². The van der Waals surface area contributed by atoms with Crippen molar-refractivity contribution in [3.8, 4) is 0 Å². The van der Waals surface area contributed by atoms with E-state index in [0.29, 0.717) is 16.2 Å². The molecule has 1 rings (SSSR count). The standard InChI is InChI=1S/C21H34I2/c1-19(2,3)11-14-10-15(12-20(4,5)6)18(23)16(17(14)22)13-21(7,8)9/h10H,11-13H2,1-9H3. The predicted molar refractivity (Wildman–Crippen MR) is 121 cm³/mol. The summed E-state index contributed by atoms with van der Waals surface area (Å²) in [6.45, 7) is 21.1. The molecule has 0 fully saturated rings. The highest BCUT2D eigenvalue weighted by Gasteiger charge is 2.24. The lowest BCUT2D eigenvalue weighted by Crippen LogP contribution is -2.18. The van der Waals surface area contributed by atoms with E-state index in [-0.39, 0.29) is 0 Å². The molecule has 0 bridgehead atoms. The Morgan fingerprint density at radius 1 is 0.609 bits per heavy atom. The van der Waals surface area contributed by atoms with Crippen molar-refractivity contribution >= 4 is 45.2 Å². The van der Waals surface area contributed by atoms with Crippen molar-refractivity contribution in [2.45, 2.75) is 81.6 Å². The molecule has 0 nitrogen and oxygen atoms in total. The third-order valence-corrected chi connectivity index (χ3v) is 6.28. The van der Waals surface area contributed by atoms with Crippen molar-refractivity contribution in [1.29, 1.82) is 0 Å². The third-order valence-electron chi connectivity index (χ3n) is 3.59. The van der Waals surface area contributed by atoms with Crippen molar-refractivity contribution in [2.24, 2.45) is 16.2 Å². The lowest BCUT2D eigenvalue weighted by atomic mass is 9.81. The van der Waals surface area contributed by atoms with E-state index >= 15 is 0 Å². The van der Waals surface area contributed by atoms with Crippen LogP contribution in [0.5, 0.6) is 0 Å². The first-order valence-corrected chi connectivity index (χ1v) is 10.7. The summed E-state index contributed by atoms with van der Waals surface area (Å²) in [5.41, 5.74) is 5.61. The van der Waals surface area contributed by atoms with Gasteiger partial charge >= 0.3 is 0 Å². The topological polar surface area (TPSA) is 0 Å². The molecule has 0 saturated carbocycles. The zero-order valence-electron chi connectivity index (χ0n) is 16.5. The van der Waals surface area contributed by atoms with Crippen LogP contribution in [0.4, 0.5) is 0 Å². The van der Waals surface area contributed by atoms with Gasteiger partial charge in [-0.3, -0.25) is 0 Å². The number of halogens is 2. The molecule has 0 aliphatic heterocycles. The molecular formula is C21H34I2. The Bertz CT molecular complexity index is 509. The van der Waals surface area contributed by atoms with E-state index in [0.717, 1.165) is 19.3 Å². The highest BCUT2D eigenvalue weighted by Crippen LogP contribution is 2.36. The van der Waals surface area contributed by atoms with Gasteiger partial charge in [0.1, 0.15) is 0 Å². The Balaban J connectivity index is 3.47. The van der Waals surface area contributed by atoms with Crippen molar-refractivity contribution in [2.75, 3.05) is 0 Å². The highest BCUT2D eigenvalue weighted by atomic mass is 127. The summed E-state index contributed by atoms with van der Waals surface area (Å²) >= 11 is 5.19. The Labute approximate surface area is 171 Å². The molecular weight excluding hydrogens is 506 g/mol. The first-order valence-electron chi connectivity index (χ1n) is 8.58. The molecule has 1 aromatic carbocycles. The largest absolute Gasteiger partial charge is 0.0599 e. The normalized spacial score (nSPS) is 13.5. The summed E-state index contributed by atoms with van der Waals surface area (Å²) in [5.74, 6) is 0. The maximum absolute atomic E-state index is 2.60. The van der Waals surface area contributed by atoms with Gasteiger partial charge in [-0.15, -0.1) is 0 Å². The van der Waals surface area contributed by atoms with E-state index in [9.17, 15) is 0 Å². The van der Waals surface area contributed by atoms with Crippen LogP contribution in [0, 0.1) is 23.4 Å². The van der Waals surface area contributed by atoms with Crippen molar-refractivity contribution < 1.29 is 0 Å². The minimum atomic E-state index is 0.319. The Morgan fingerprint density at radius 2 is 0.913 bits per heavy atom. The predicted octanol–water partition coefficient (Wildman–Crippen LogP) is 7.66. The monoisotopic (exact) mass is 540 g/mol. The van der Waals surface area contributed by atoms with Gasteiger partial charge in [-0.25, -0.2) is 0 Å². The molecule has 1 aromatic rings. The zero-order valence-corrected chi connectivity index (χ0v) is 20.8. The van der Waals surface area contributed by atoms with E-state index in [2.05, 4.69) is 114 Å². The van der Waals surface area contributed by atoms with Crippen molar-refractivity contribution in [3.05, 3.63) is 29.9 Å². The SMILES string of the molecule is CC(C)(C)Cc1cc(CC(C)(C)C)c(I)c(CC(C)(C)C)c1I. The first-order chi connectivity index (χ1) is 10.1. The second kappa shape index (κ2) is 7.51. The molecule has 2 heteroatoms. The van der Waals surface area contributed by atoms with Gasteiger partial charge < -0.3 is 0 Å². The number of hydrogen-bond acceptors (Lipinski definition) is 0. The Hall–Kier alpha value is 0.680. The third kappa shape index (κ3) is 7.62. The van der Waals surface area contributed by atoms with Gasteiger partial charge in [0.2, 0.25) is 0 Å². The summed E-state index contributed by atoms with van der Waals surface area (Å²) in [6, 6.07) is 2.49. The number of rotatable bonds is 3. The Kier molecular flexibility index (Phi) is 7.09. The molecule has 0 aliphatic rings. The van der Waals surface area contributed by atoms with Gasteiger partial charge in [0.15, 0.2) is 0 Å². The van der Waals surface area contributed by atoms with Gasteiger partial charge in [0, 0.05) is 7.14 Å². The van der Waals surface area contributed by atoms with Crippen LogP contribution >= 0.6 is 45.2 Å². The van der Waals surface area contributed by atoms with E-state index in [1.54, 1.807) is 5.56 Å². The summed E-state index contributed by atoms with van der Waals surface area (Å²) in [7, 11) is 0. The maximum Gasteiger partial charge on any atom is 0.0205 e. The van der Waals surface area contributed by atoms with Gasteiger partial charge in [-0.2, -0.15) is 0 Å². The van der Waals surface area contributed by atoms with Crippen LogP contribution in [-0.2, 0) is 19.3 Å². The molecule has 0 heterocycles. The van der Waals surface area contributed by atoms with Gasteiger partial charge in [-0.05, 0) is 97.4 Å². The van der Waals surface area contributed by atoms with E-state index < -0.39 is 0 Å². The number of benzene rings is 1. The molecule has 0 unspecified atom stereocenters. The van der Waals surface area contributed by atoms with E-state index in [1.807, 2.05) is 0 Å². The molecule has 0 atom stereocenters. The molecule has 0 aromatic heterocycles. The molecule has 132 valence electrons. The molecule has 0 N–H and O–H groups in total. The van der Waals surface area contributed by atoms with Crippen LogP contribution in [0.25, 0.3) is 0 Å². The van der Waals surface area contributed by atoms with Gasteiger partial charge in [0.25, 0.3) is 0 Å². The fraction of sp³-hybridized carbons (Fsp3) is 0.714. The van der Waals surface area contributed by atoms with Crippen LogP contribution in [-0.4, -0.2) is 0 Å². The molecule has 0 spiro atoms. The molecule has 23 heavy (non-hydrogen) atoms. The lowest BCUT2D eigenvalue weighted by molar-refractivity contribution is 0.397. The smallest absolute Gasteiger partial charge is 0.0205 e. The van der Waals surface area contributed by atoms with Crippen molar-refractivity contribution in [1.82, 2.24) is 0 Å². The van der Waals surface area contributed by atoms with Gasteiger partial charge in [-0.1, -0.05) is 68.4 Å². The molecule has 0 saturated heterocycles. The molecule has 0 radical (unpaired) electrons. The molecule has 0 aliphatic carbocycles. The maximum atomic E-state index is 2.60. The van der Waals surface area contributed by atoms with Crippen LogP contribution in [0.1, 0.15) is 79.0 Å². The second-order valence-corrected chi connectivity index (χ2v) is 12.7. The Morgan fingerprint density at radius 3 is 1.17 bits per heavy atom. The quantitative estimate of drug-likeness (QED) is 0.346. The average molecular weight is 540 g/mol. The number of hydrogen-bond donors (Lipinski definition) is 0. The summed E-state index contributed by atoms with van der Waals surface area (Å²) in [4.78, 5) is 0. The fourth-order valence-electron chi connectivity index (χ4n) is 2.91. The highest BCUT2D eigenvalue weighted by molar-refractivity contribution is 14.1. The summed E-state index contributed by atoms with van der Waals surface area (Å²) in [6.07, 6.45) is 3.45. The summed E-state index contributed by atoms with van der Waals surface area (Å²) in [5, 5.41) is 0. The summed E-state index contributed by atoms with van der Waals surface area (Å²) < 4.78 is 2.99. The minimum absolute atomic E-state index is 0.319. The first kappa shape index (κ1) is 21.7. The van der Waals surface area contributed by atoms with Crippen LogP contribution in [0.3, 0.4) is 0 Å². The van der Waals surface area contributed by atoms with Crippen LogP contribution < -0.4 is 0 Å². The van der Waals surface area contributed by atoms with Crippen LogP contribution in [0.2, 0.25) is 0 Å². The molecule has 0 amide bonds. The fourth-order valence-corrected chi connectivity index (χ4v) is 5.04. The van der Waals surface area contributed by atoms with E-state index in [1.165, 1.54) is 18.3 Å².